The number of hydrogen-bond donors (Lipinski definition) is 6. The van der Waals surface area contributed by atoms with E-state index in [1.807, 2.05) is 26.1 Å². The number of nitro groups is 1. The number of hydrogen-bond acceptors (Lipinski definition) is 13. The van der Waals surface area contributed by atoms with Crippen LogP contribution in [0, 0.1) is 27.9 Å². The van der Waals surface area contributed by atoms with Crippen LogP contribution >= 0.6 is 0 Å². The average Bonchev–Trinajstić information content (AvgIpc) is 3.22. The van der Waals surface area contributed by atoms with E-state index in [1.165, 1.54) is 25.5 Å². The summed E-state index contributed by atoms with van der Waals surface area (Å²) in [4.78, 5) is 111. The lowest BCUT2D eigenvalue weighted by Crippen LogP contribution is -2.60. The molecule has 0 saturated heterocycles. The molecule has 1 aliphatic carbocycles. The van der Waals surface area contributed by atoms with E-state index >= 15 is 0 Å². The molecule has 1 heterocycles. The van der Waals surface area contributed by atoms with E-state index in [0.717, 1.165) is 56.4 Å². The van der Waals surface area contributed by atoms with Crippen LogP contribution in [0.4, 0.5) is 5.69 Å². The second-order valence-corrected chi connectivity index (χ2v) is 16.9. The van der Waals surface area contributed by atoms with E-state index in [1.54, 1.807) is 11.6 Å². The molecule has 2 unspecified atom stereocenters. The van der Waals surface area contributed by atoms with Gasteiger partial charge in [-0.05, 0) is 49.1 Å². The first kappa shape index (κ1) is 48.5. The van der Waals surface area contributed by atoms with E-state index in [2.05, 4.69) is 31.2 Å². The Morgan fingerprint density at radius 1 is 0.817 bits per heavy atom. The number of benzene rings is 1. The first-order valence-electron chi connectivity index (χ1n) is 20.0. The zero-order chi connectivity index (χ0) is 44.6. The molecule has 1 aromatic carbocycles. The van der Waals surface area contributed by atoms with Crippen LogP contribution in [0.2, 0.25) is 0 Å². The molecule has 20 nitrogen and oxygen atoms in total. The molecule has 6 N–H and O–H groups in total. The minimum Gasteiger partial charge on any atom is -0.344 e. The first-order chi connectivity index (χ1) is 28.4. The van der Waals surface area contributed by atoms with Crippen molar-refractivity contribution in [3.05, 3.63) is 58.7 Å². The number of carbonyl (C=O) groups is 7. The Balaban J connectivity index is 1.72. The van der Waals surface area contributed by atoms with Gasteiger partial charge >= 0.3 is 0 Å². The second kappa shape index (κ2) is 23.1. The summed E-state index contributed by atoms with van der Waals surface area (Å²) < 4.78 is 26.8. The van der Waals surface area contributed by atoms with Crippen molar-refractivity contribution in [3.8, 4) is 0 Å². The van der Waals surface area contributed by atoms with Crippen LogP contribution in [-0.2, 0) is 38.8 Å². The third kappa shape index (κ3) is 14.8. The minimum atomic E-state index is -4.48. The van der Waals surface area contributed by atoms with Crippen molar-refractivity contribution in [3.63, 3.8) is 0 Å². The van der Waals surface area contributed by atoms with Crippen molar-refractivity contribution in [2.75, 3.05) is 6.54 Å². The van der Waals surface area contributed by atoms with E-state index < -0.39 is 97.7 Å². The van der Waals surface area contributed by atoms with Crippen molar-refractivity contribution in [1.82, 2.24) is 41.3 Å². The number of nitrogens with one attached hydrogen (secondary N) is 6. The predicted octanol–water partition coefficient (Wildman–Crippen LogP) is 1.60. The summed E-state index contributed by atoms with van der Waals surface area (Å²) in [5, 5.41) is 23.7. The number of carbonyl (C=O) groups excluding carboxylic acids is 7. The van der Waals surface area contributed by atoms with Gasteiger partial charge in [-0.1, -0.05) is 73.1 Å². The number of sulfonamides is 1. The Bertz CT molecular complexity index is 1960. The maximum absolute atomic E-state index is 14.1. The number of non-ortho nitro benzene ring substituents is 1. The van der Waals surface area contributed by atoms with Crippen molar-refractivity contribution in [2.24, 2.45) is 17.8 Å². The maximum atomic E-state index is 14.1. The normalized spacial score (nSPS) is 15.6. The second-order valence-electron chi connectivity index (χ2n) is 15.2. The number of Topliss-reactive ketones (excluding diaryl/α,β-unsaturated/α-hetero) is 1. The van der Waals surface area contributed by atoms with Crippen LogP contribution in [0.1, 0.15) is 103 Å². The van der Waals surface area contributed by atoms with Crippen molar-refractivity contribution < 1.29 is 46.9 Å². The standard InChI is InChI=1S/C39H55N9O11S/c1-6-24(5)33(46-36(52)29(19-23(3)4)44-37(53)31-21-40-17-18-41-31)38(54)45-30(20-25-11-9-8-10-12-25)35(51)43-28(7-2)34(50)39(55)42-22-32(49)47-60(58,59)27-15-13-26(14-16-27)48(56)57/h13-18,21,23-25,28-30,33H,6-12,19-20,22H2,1-5H3,(H,42,55)(H,43,51)(H,44,53)(H,45,54)(H,46,52)(H,47,49)/t24?,28-,29-,30-,33?/m0/s1. The largest absolute Gasteiger partial charge is 0.344 e. The highest BCUT2D eigenvalue weighted by molar-refractivity contribution is 7.90. The van der Waals surface area contributed by atoms with Crippen molar-refractivity contribution >= 4 is 56.9 Å². The zero-order valence-corrected chi connectivity index (χ0v) is 35.2. The van der Waals surface area contributed by atoms with Gasteiger partial charge in [-0.15, -0.1) is 0 Å². The van der Waals surface area contributed by atoms with Gasteiger partial charge in [0, 0.05) is 24.5 Å². The summed E-state index contributed by atoms with van der Waals surface area (Å²) in [6, 6.07) is -1.02. The topological polar surface area (TPSA) is 295 Å². The molecule has 0 bridgehead atoms. The van der Waals surface area contributed by atoms with Gasteiger partial charge in [0.15, 0.2) is 0 Å². The fourth-order valence-electron chi connectivity index (χ4n) is 6.58. The molecule has 1 aromatic heterocycles. The van der Waals surface area contributed by atoms with Gasteiger partial charge < -0.3 is 26.6 Å². The molecule has 2 aromatic rings. The smallest absolute Gasteiger partial charge is 0.290 e. The summed E-state index contributed by atoms with van der Waals surface area (Å²) in [6.45, 7) is 7.92. The molecule has 5 atom stereocenters. The fourth-order valence-corrected chi connectivity index (χ4v) is 7.56. The lowest BCUT2D eigenvalue weighted by molar-refractivity contribution is -0.384. The molecule has 328 valence electrons. The molecule has 60 heavy (non-hydrogen) atoms. The third-order valence-electron chi connectivity index (χ3n) is 10.1. The Morgan fingerprint density at radius 2 is 1.45 bits per heavy atom. The Labute approximate surface area is 348 Å². The van der Waals surface area contributed by atoms with Crippen molar-refractivity contribution in [2.45, 2.75) is 121 Å². The van der Waals surface area contributed by atoms with Crippen LogP contribution in [0.25, 0.3) is 0 Å². The summed E-state index contributed by atoms with van der Waals surface area (Å²) in [5.41, 5.74) is -0.369. The van der Waals surface area contributed by atoms with Gasteiger partial charge in [0.1, 0.15) is 23.8 Å². The van der Waals surface area contributed by atoms with Crippen molar-refractivity contribution in [1.29, 1.82) is 0 Å². The van der Waals surface area contributed by atoms with Crippen LogP contribution in [0.3, 0.4) is 0 Å². The van der Waals surface area contributed by atoms with E-state index in [-0.39, 0.29) is 42.5 Å². The molecular formula is C39H55N9O11S. The molecule has 1 aliphatic rings. The summed E-state index contributed by atoms with van der Waals surface area (Å²) in [6.07, 6.45) is 9.33. The van der Waals surface area contributed by atoms with E-state index in [9.17, 15) is 52.1 Å². The number of ketones is 1. The minimum absolute atomic E-state index is 0.00554. The molecule has 0 spiro atoms. The van der Waals surface area contributed by atoms with Gasteiger partial charge in [-0.2, -0.15) is 0 Å². The van der Waals surface area contributed by atoms with Crippen LogP contribution < -0.4 is 31.3 Å². The molecule has 1 fully saturated rings. The first-order valence-corrected chi connectivity index (χ1v) is 21.4. The van der Waals surface area contributed by atoms with Gasteiger partial charge in [0.25, 0.3) is 33.4 Å². The molecular weight excluding hydrogens is 803 g/mol. The monoisotopic (exact) mass is 857 g/mol. The molecule has 6 amide bonds. The Morgan fingerprint density at radius 3 is 2.02 bits per heavy atom. The highest BCUT2D eigenvalue weighted by Gasteiger charge is 2.36. The average molecular weight is 858 g/mol. The third-order valence-corrected chi connectivity index (χ3v) is 11.5. The van der Waals surface area contributed by atoms with Gasteiger partial charge in [0.2, 0.25) is 23.5 Å². The number of nitro benzene ring substituents is 1. The van der Waals surface area contributed by atoms with Crippen LogP contribution in [0.15, 0.2) is 47.8 Å². The van der Waals surface area contributed by atoms with E-state index in [4.69, 9.17) is 0 Å². The number of aromatic nitrogens is 2. The SMILES string of the molecule is CCC(C)C(NC(=O)[C@H](CC(C)C)NC(=O)c1cnccn1)C(=O)N[C@@H](CC1CCCCC1)C(=O)N[C@@H](CC)C(=O)C(=O)NCC(=O)NS(=O)(=O)c1ccc([N+](=O)[O-])cc1. The highest BCUT2D eigenvalue weighted by Crippen LogP contribution is 2.28. The van der Waals surface area contributed by atoms with Crippen LogP contribution in [-0.4, -0.2) is 95.2 Å². The van der Waals surface area contributed by atoms with Gasteiger partial charge in [-0.3, -0.25) is 48.7 Å². The predicted molar refractivity (Wildman–Crippen MR) is 216 cm³/mol. The van der Waals surface area contributed by atoms with Gasteiger partial charge in [0.05, 0.1) is 28.6 Å². The van der Waals surface area contributed by atoms with Gasteiger partial charge in [-0.25, -0.2) is 18.1 Å². The van der Waals surface area contributed by atoms with E-state index in [0.29, 0.717) is 6.42 Å². The molecule has 0 radical (unpaired) electrons. The van der Waals surface area contributed by atoms with Crippen LogP contribution in [0.5, 0.6) is 0 Å². The lowest BCUT2D eigenvalue weighted by atomic mass is 9.84. The zero-order valence-electron chi connectivity index (χ0n) is 34.4. The fraction of sp³-hybridized carbons (Fsp3) is 0.564. The highest BCUT2D eigenvalue weighted by atomic mass is 32.2. The molecule has 21 heteroatoms. The Hall–Kier alpha value is -5.86. The summed E-state index contributed by atoms with van der Waals surface area (Å²) in [5.74, 6) is -6.69. The quantitative estimate of drug-likeness (QED) is 0.0558. The molecule has 1 saturated carbocycles. The summed E-state index contributed by atoms with van der Waals surface area (Å²) >= 11 is 0. The maximum Gasteiger partial charge on any atom is 0.290 e. The number of nitrogens with zero attached hydrogens (tertiary/aromatic N) is 3. The Kier molecular flexibility index (Phi) is 18.6. The molecule has 0 aliphatic heterocycles. The molecule has 3 rings (SSSR count). The lowest BCUT2D eigenvalue weighted by Gasteiger charge is -2.31. The summed E-state index contributed by atoms with van der Waals surface area (Å²) in [7, 11) is -4.48. The number of rotatable bonds is 22. The number of amides is 6.